The summed E-state index contributed by atoms with van der Waals surface area (Å²) in [5.74, 6) is 0.775. The van der Waals surface area contributed by atoms with E-state index >= 15 is 0 Å². The summed E-state index contributed by atoms with van der Waals surface area (Å²) in [5, 5.41) is 18.2. The normalized spacial score (nSPS) is 10.7. The first-order valence-corrected chi connectivity index (χ1v) is 8.46. The Bertz CT molecular complexity index is 751. The van der Waals surface area contributed by atoms with Gasteiger partial charge in [0, 0.05) is 23.5 Å². The van der Waals surface area contributed by atoms with E-state index in [1.165, 1.54) is 11.8 Å². The number of benzene rings is 2. The van der Waals surface area contributed by atoms with Gasteiger partial charge in [0.05, 0.1) is 0 Å². The lowest BCUT2D eigenvalue weighted by molar-refractivity contribution is 0.296. The van der Waals surface area contributed by atoms with Gasteiger partial charge in [-0.15, -0.1) is 10.2 Å². The van der Waals surface area contributed by atoms with Crippen LogP contribution in [0.1, 0.15) is 6.42 Å². The van der Waals surface area contributed by atoms with Crippen LogP contribution in [0.25, 0.3) is 22.5 Å². The minimum Gasteiger partial charge on any atom is -0.396 e. The van der Waals surface area contributed by atoms with Crippen LogP contribution < -0.4 is 0 Å². The molecule has 4 nitrogen and oxygen atoms in total. The van der Waals surface area contributed by atoms with E-state index in [1.807, 2.05) is 60.7 Å². The lowest BCUT2D eigenvalue weighted by Gasteiger charge is -2.09. The highest BCUT2D eigenvalue weighted by molar-refractivity contribution is 7.99. The average molecular weight is 323 g/mol. The summed E-state index contributed by atoms with van der Waals surface area (Å²) in [5.41, 5.74) is 3.63. The SMILES string of the molecule is OCCCSc1nnc(-c2ccccc2)c(-c2ccccc2)n1. The van der Waals surface area contributed by atoms with E-state index in [0.29, 0.717) is 5.16 Å². The van der Waals surface area contributed by atoms with Crippen LogP contribution in [0.2, 0.25) is 0 Å². The van der Waals surface area contributed by atoms with Gasteiger partial charge in [0.1, 0.15) is 11.4 Å². The lowest BCUT2D eigenvalue weighted by atomic mass is 10.0. The second kappa shape index (κ2) is 7.85. The van der Waals surface area contributed by atoms with E-state index in [9.17, 15) is 0 Å². The van der Waals surface area contributed by atoms with Crippen molar-refractivity contribution >= 4 is 11.8 Å². The third-order valence-corrected chi connectivity index (χ3v) is 4.22. The Labute approximate surface area is 139 Å². The van der Waals surface area contributed by atoms with Gasteiger partial charge in [0.2, 0.25) is 5.16 Å². The van der Waals surface area contributed by atoms with E-state index in [-0.39, 0.29) is 6.61 Å². The molecule has 0 bridgehead atoms. The van der Waals surface area contributed by atoms with E-state index < -0.39 is 0 Å². The van der Waals surface area contributed by atoms with Gasteiger partial charge in [-0.3, -0.25) is 0 Å². The Balaban J connectivity index is 2.02. The van der Waals surface area contributed by atoms with Gasteiger partial charge in [-0.1, -0.05) is 72.4 Å². The zero-order chi connectivity index (χ0) is 15.9. The van der Waals surface area contributed by atoms with E-state index in [2.05, 4.69) is 10.2 Å². The number of aliphatic hydroxyl groups excluding tert-OH is 1. The van der Waals surface area contributed by atoms with Crippen LogP contribution in [0.5, 0.6) is 0 Å². The molecular weight excluding hydrogens is 306 g/mol. The molecule has 0 amide bonds. The molecule has 1 aromatic heterocycles. The van der Waals surface area contributed by atoms with Crippen LogP contribution in [-0.2, 0) is 0 Å². The van der Waals surface area contributed by atoms with Crippen molar-refractivity contribution < 1.29 is 5.11 Å². The Morgan fingerprint density at radius 1 is 0.783 bits per heavy atom. The van der Waals surface area contributed by atoms with Crippen LogP contribution in [0, 0.1) is 0 Å². The van der Waals surface area contributed by atoms with Gasteiger partial charge < -0.3 is 5.11 Å². The molecule has 1 N–H and O–H groups in total. The molecule has 0 atom stereocenters. The van der Waals surface area contributed by atoms with Crippen LogP contribution in [-0.4, -0.2) is 32.6 Å². The van der Waals surface area contributed by atoms with Crippen molar-refractivity contribution in [1.29, 1.82) is 0 Å². The van der Waals surface area contributed by atoms with Crippen molar-refractivity contribution in [3.8, 4) is 22.5 Å². The molecule has 5 heteroatoms. The fraction of sp³-hybridized carbons (Fsp3) is 0.167. The molecular formula is C18H17N3OS. The molecule has 0 spiro atoms. The number of hydrogen-bond donors (Lipinski definition) is 1. The maximum atomic E-state index is 8.90. The Kier molecular flexibility index (Phi) is 5.34. The molecule has 2 aromatic carbocycles. The lowest BCUT2D eigenvalue weighted by Crippen LogP contribution is -2.00. The summed E-state index contributed by atoms with van der Waals surface area (Å²) >= 11 is 1.51. The summed E-state index contributed by atoms with van der Waals surface area (Å²) in [6.07, 6.45) is 0.717. The molecule has 1 heterocycles. The summed E-state index contributed by atoms with van der Waals surface area (Å²) in [6, 6.07) is 20.0. The first-order valence-electron chi connectivity index (χ1n) is 7.47. The highest BCUT2D eigenvalue weighted by Crippen LogP contribution is 2.29. The second-order valence-electron chi connectivity index (χ2n) is 4.95. The molecule has 0 saturated carbocycles. The largest absolute Gasteiger partial charge is 0.396 e. The Morgan fingerprint density at radius 2 is 1.39 bits per heavy atom. The number of thioether (sulfide) groups is 1. The van der Waals surface area contributed by atoms with Gasteiger partial charge in [-0.25, -0.2) is 4.98 Å². The van der Waals surface area contributed by atoms with Crippen molar-refractivity contribution in [2.24, 2.45) is 0 Å². The average Bonchev–Trinajstić information content (AvgIpc) is 2.63. The topological polar surface area (TPSA) is 58.9 Å². The quantitative estimate of drug-likeness (QED) is 0.554. The number of aliphatic hydroxyl groups is 1. The fourth-order valence-corrected chi connectivity index (χ4v) is 2.90. The number of hydrogen-bond acceptors (Lipinski definition) is 5. The maximum absolute atomic E-state index is 8.90. The monoisotopic (exact) mass is 323 g/mol. The maximum Gasteiger partial charge on any atom is 0.209 e. The fourth-order valence-electron chi connectivity index (χ4n) is 2.19. The molecule has 3 aromatic rings. The van der Waals surface area contributed by atoms with E-state index in [1.54, 1.807) is 0 Å². The van der Waals surface area contributed by atoms with Crippen LogP contribution in [0.15, 0.2) is 65.8 Å². The van der Waals surface area contributed by atoms with Crippen molar-refractivity contribution in [1.82, 2.24) is 15.2 Å². The van der Waals surface area contributed by atoms with Gasteiger partial charge >= 0.3 is 0 Å². The Morgan fingerprint density at radius 3 is 2.00 bits per heavy atom. The molecule has 0 radical (unpaired) electrons. The predicted octanol–water partition coefficient (Wildman–Crippen LogP) is 3.68. The molecule has 23 heavy (non-hydrogen) atoms. The molecule has 0 aliphatic rings. The molecule has 0 saturated heterocycles. The second-order valence-corrected chi connectivity index (χ2v) is 6.01. The molecule has 116 valence electrons. The summed E-state index contributed by atoms with van der Waals surface area (Å²) in [4.78, 5) is 4.70. The zero-order valence-corrected chi connectivity index (χ0v) is 13.4. The standard InChI is InChI=1S/C18H17N3OS/c22-12-7-13-23-18-19-16(14-8-3-1-4-9-14)17(20-21-18)15-10-5-2-6-11-15/h1-6,8-11,22H,7,12-13H2. The summed E-state index contributed by atoms with van der Waals surface area (Å²) in [7, 11) is 0. The van der Waals surface area contributed by atoms with E-state index in [4.69, 9.17) is 10.1 Å². The zero-order valence-electron chi connectivity index (χ0n) is 12.6. The van der Waals surface area contributed by atoms with Gasteiger partial charge in [-0.2, -0.15) is 0 Å². The number of nitrogens with zero attached hydrogens (tertiary/aromatic N) is 3. The van der Waals surface area contributed by atoms with Crippen LogP contribution in [0.3, 0.4) is 0 Å². The predicted molar refractivity (Wildman–Crippen MR) is 93.1 cm³/mol. The highest BCUT2D eigenvalue weighted by Gasteiger charge is 2.13. The van der Waals surface area contributed by atoms with Gasteiger partial charge in [0.15, 0.2) is 0 Å². The van der Waals surface area contributed by atoms with Gasteiger partial charge in [0.25, 0.3) is 0 Å². The van der Waals surface area contributed by atoms with Crippen molar-refractivity contribution in [3.63, 3.8) is 0 Å². The summed E-state index contributed by atoms with van der Waals surface area (Å²) < 4.78 is 0. The molecule has 0 aliphatic heterocycles. The first-order chi connectivity index (χ1) is 11.4. The minimum atomic E-state index is 0.175. The molecule has 3 rings (SSSR count). The molecule has 0 unspecified atom stereocenters. The van der Waals surface area contributed by atoms with Crippen molar-refractivity contribution in [2.45, 2.75) is 11.6 Å². The molecule has 0 fully saturated rings. The smallest absolute Gasteiger partial charge is 0.209 e. The third-order valence-electron chi connectivity index (χ3n) is 3.30. The van der Waals surface area contributed by atoms with Gasteiger partial charge in [-0.05, 0) is 6.42 Å². The summed E-state index contributed by atoms with van der Waals surface area (Å²) in [6.45, 7) is 0.175. The number of rotatable bonds is 6. The van der Waals surface area contributed by atoms with Crippen LogP contribution >= 0.6 is 11.8 Å². The highest BCUT2D eigenvalue weighted by atomic mass is 32.2. The van der Waals surface area contributed by atoms with E-state index in [0.717, 1.165) is 34.7 Å². The molecule has 0 aliphatic carbocycles. The third kappa shape index (κ3) is 3.94. The van der Waals surface area contributed by atoms with Crippen molar-refractivity contribution in [2.75, 3.05) is 12.4 Å². The minimum absolute atomic E-state index is 0.175. The van der Waals surface area contributed by atoms with Crippen molar-refractivity contribution in [3.05, 3.63) is 60.7 Å². The Hall–Kier alpha value is -2.24. The number of aromatic nitrogens is 3. The van der Waals surface area contributed by atoms with Crippen LogP contribution in [0.4, 0.5) is 0 Å². The first kappa shape index (κ1) is 15.6.